The largest absolute Gasteiger partial charge is 0.465 e. The molecule has 2 N–H and O–H groups in total. The van der Waals surface area contributed by atoms with Gasteiger partial charge >= 0.3 is 5.97 Å². The van der Waals surface area contributed by atoms with E-state index < -0.39 is 11.9 Å². The molecular formula is C20H15ClFN3O3. The van der Waals surface area contributed by atoms with Crippen LogP contribution >= 0.6 is 11.6 Å². The third-order valence-electron chi connectivity index (χ3n) is 3.76. The van der Waals surface area contributed by atoms with Crippen LogP contribution in [0.25, 0.3) is 0 Å². The monoisotopic (exact) mass is 399 g/mol. The number of benzene rings is 2. The summed E-state index contributed by atoms with van der Waals surface area (Å²) in [7, 11) is 1.26. The molecule has 1 heterocycles. The van der Waals surface area contributed by atoms with Gasteiger partial charge in [-0.2, -0.15) is 0 Å². The number of hydrogen-bond donors (Lipinski definition) is 2. The molecule has 28 heavy (non-hydrogen) atoms. The number of nitrogens with zero attached hydrogens (tertiary/aromatic N) is 1. The van der Waals surface area contributed by atoms with E-state index in [9.17, 15) is 14.0 Å². The van der Waals surface area contributed by atoms with Crippen molar-refractivity contribution in [3.05, 3.63) is 82.8 Å². The lowest BCUT2D eigenvalue weighted by Crippen LogP contribution is -2.13. The minimum atomic E-state index is -0.540. The Bertz CT molecular complexity index is 1030. The fourth-order valence-electron chi connectivity index (χ4n) is 2.38. The summed E-state index contributed by atoms with van der Waals surface area (Å²) in [4.78, 5) is 28.2. The Morgan fingerprint density at radius 2 is 1.86 bits per heavy atom. The Labute approximate surface area is 165 Å². The van der Waals surface area contributed by atoms with Crippen molar-refractivity contribution in [2.45, 2.75) is 0 Å². The summed E-state index contributed by atoms with van der Waals surface area (Å²) < 4.78 is 17.9. The van der Waals surface area contributed by atoms with Crippen LogP contribution in [0.15, 0.2) is 60.8 Å². The number of halogens is 2. The van der Waals surface area contributed by atoms with Crippen molar-refractivity contribution < 1.29 is 18.7 Å². The number of hydrogen-bond acceptors (Lipinski definition) is 5. The minimum Gasteiger partial charge on any atom is -0.465 e. The summed E-state index contributed by atoms with van der Waals surface area (Å²) >= 11 is 6.08. The van der Waals surface area contributed by atoms with E-state index in [0.29, 0.717) is 11.5 Å². The highest BCUT2D eigenvalue weighted by Gasteiger charge is 2.13. The van der Waals surface area contributed by atoms with Gasteiger partial charge in [-0.15, -0.1) is 0 Å². The highest BCUT2D eigenvalue weighted by molar-refractivity contribution is 6.34. The summed E-state index contributed by atoms with van der Waals surface area (Å²) in [6.07, 6.45) is 1.37. The van der Waals surface area contributed by atoms with Crippen molar-refractivity contribution in [3.63, 3.8) is 0 Å². The Morgan fingerprint density at radius 3 is 2.54 bits per heavy atom. The van der Waals surface area contributed by atoms with Crippen molar-refractivity contribution >= 4 is 40.7 Å². The lowest BCUT2D eigenvalue weighted by atomic mass is 10.2. The standard InChI is InChI=1S/C20H15ClFN3O3/c1-28-20(27)12-5-7-16(21)17(9-12)25-19(26)13-6-8-18(23-11-13)24-15-4-2-3-14(22)10-15/h2-11H,1H3,(H,23,24)(H,25,26). The van der Waals surface area contributed by atoms with Crippen LogP contribution in [-0.4, -0.2) is 24.0 Å². The molecule has 0 aliphatic carbocycles. The maximum Gasteiger partial charge on any atom is 0.337 e. The van der Waals surface area contributed by atoms with Crippen LogP contribution in [0.1, 0.15) is 20.7 Å². The number of carbonyl (C=O) groups excluding carboxylic acids is 2. The summed E-state index contributed by atoms with van der Waals surface area (Å²) in [5, 5.41) is 5.85. The van der Waals surface area contributed by atoms with Gasteiger partial charge in [0.2, 0.25) is 0 Å². The average molecular weight is 400 g/mol. The first-order valence-corrected chi connectivity index (χ1v) is 8.52. The fraction of sp³-hybridized carbons (Fsp3) is 0.0500. The van der Waals surface area contributed by atoms with E-state index in [1.165, 1.54) is 43.6 Å². The number of pyridine rings is 1. The maximum atomic E-state index is 13.2. The third kappa shape index (κ3) is 4.63. The molecule has 8 heteroatoms. The second-order valence-electron chi connectivity index (χ2n) is 5.71. The van der Waals surface area contributed by atoms with Gasteiger partial charge in [-0.1, -0.05) is 17.7 Å². The van der Waals surface area contributed by atoms with Crippen LogP contribution in [-0.2, 0) is 4.74 Å². The van der Waals surface area contributed by atoms with Gasteiger partial charge < -0.3 is 15.4 Å². The SMILES string of the molecule is COC(=O)c1ccc(Cl)c(NC(=O)c2ccc(Nc3cccc(F)c3)nc2)c1. The van der Waals surface area contributed by atoms with E-state index in [0.717, 1.165) is 0 Å². The quantitative estimate of drug-likeness (QED) is 0.610. The maximum absolute atomic E-state index is 13.2. The van der Waals surface area contributed by atoms with Gasteiger partial charge in [0, 0.05) is 11.9 Å². The zero-order valence-corrected chi connectivity index (χ0v) is 15.5. The number of ether oxygens (including phenoxy) is 1. The van der Waals surface area contributed by atoms with E-state index in [-0.39, 0.29) is 27.7 Å². The molecule has 0 bridgehead atoms. The van der Waals surface area contributed by atoms with Crippen LogP contribution in [0, 0.1) is 5.82 Å². The van der Waals surface area contributed by atoms with Gasteiger partial charge in [0.15, 0.2) is 0 Å². The fourth-order valence-corrected chi connectivity index (χ4v) is 2.54. The first-order valence-electron chi connectivity index (χ1n) is 8.14. The van der Waals surface area contributed by atoms with Crippen LogP contribution in [0.3, 0.4) is 0 Å². The number of rotatable bonds is 5. The molecule has 0 saturated heterocycles. The molecule has 0 fully saturated rings. The molecular weight excluding hydrogens is 385 g/mol. The van der Waals surface area contributed by atoms with Crippen molar-refractivity contribution in [2.24, 2.45) is 0 Å². The van der Waals surface area contributed by atoms with Gasteiger partial charge in [-0.3, -0.25) is 4.79 Å². The Morgan fingerprint density at radius 1 is 1.07 bits per heavy atom. The highest BCUT2D eigenvalue weighted by atomic mass is 35.5. The predicted octanol–water partition coefficient (Wildman–Crippen LogP) is 4.66. The molecule has 0 saturated carbocycles. The number of esters is 1. The van der Waals surface area contributed by atoms with E-state index >= 15 is 0 Å². The molecule has 6 nitrogen and oxygen atoms in total. The van der Waals surface area contributed by atoms with Gasteiger partial charge in [0.1, 0.15) is 11.6 Å². The number of aromatic nitrogens is 1. The number of nitrogens with one attached hydrogen (secondary N) is 2. The summed E-state index contributed by atoms with van der Waals surface area (Å²) in [6, 6.07) is 13.5. The topological polar surface area (TPSA) is 80.3 Å². The summed E-state index contributed by atoms with van der Waals surface area (Å²) in [6.45, 7) is 0. The predicted molar refractivity (Wildman–Crippen MR) is 105 cm³/mol. The molecule has 0 aliphatic heterocycles. The molecule has 0 spiro atoms. The second-order valence-corrected chi connectivity index (χ2v) is 6.11. The van der Waals surface area contributed by atoms with Crippen LogP contribution in [0.2, 0.25) is 5.02 Å². The number of anilines is 3. The number of carbonyl (C=O) groups is 2. The van der Waals surface area contributed by atoms with Crippen molar-refractivity contribution in [1.29, 1.82) is 0 Å². The molecule has 0 atom stereocenters. The Kier molecular flexibility index (Phi) is 5.86. The molecule has 142 valence electrons. The molecule has 0 unspecified atom stereocenters. The molecule has 3 aromatic rings. The average Bonchev–Trinajstić information content (AvgIpc) is 2.69. The molecule has 2 aromatic carbocycles. The van der Waals surface area contributed by atoms with Crippen LogP contribution < -0.4 is 10.6 Å². The van der Waals surface area contributed by atoms with Gasteiger partial charge in [-0.25, -0.2) is 14.2 Å². The number of methoxy groups -OCH3 is 1. The molecule has 3 rings (SSSR count). The minimum absolute atomic E-state index is 0.259. The third-order valence-corrected chi connectivity index (χ3v) is 4.09. The molecule has 0 radical (unpaired) electrons. The van der Waals surface area contributed by atoms with Gasteiger partial charge in [0.25, 0.3) is 5.91 Å². The molecule has 1 amide bonds. The van der Waals surface area contributed by atoms with E-state index in [4.69, 9.17) is 11.6 Å². The smallest absolute Gasteiger partial charge is 0.337 e. The van der Waals surface area contributed by atoms with Crippen LogP contribution in [0.4, 0.5) is 21.6 Å². The van der Waals surface area contributed by atoms with Crippen molar-refractivity contribution in [3.8, 4) is 0 Å². The lowest BCUT2D eigenvalue weighted by Gasteiger charge is -2.10. The second kappa shape index (κ2) is 8.49. The highest BCUT2D eigenvalue weighted by Crippen LogP contribution is 2.24. The first kappa shape index (κ1) is 19.3. The first-order chi connectivity index (χ1) is 13.5. The van der Waals surface area contributed by atoms with E-state index in [2.05, 4.69) is 20.4 Å². The molecule has 1 aromatic heterocycles. The van der Waals surface area contributed by atoms with Crippen molar-refractivity contribution in [1.82, 2.24) is 4.98 Å². The van der Waals surface area contributed by atoms with Gasteiger partial charge in [0.05, 0.1) is 28.9 Å². The van der Waals surface area contributed by atoms with Gasteiger partial charge in [-0.05, 0) is 48.5 Å². The van der Waals surface area contributed by atoms with Crippen molar-refractivity contribution in [2.75, 3.05) is 17.7 Å². The summed E-state index contributed by atoms with van der Waals surface area (Å²) in [5.74, 6) is -0.907. The normalized spacial score (nSPS) is 10.2. The lowest BCUT2D eigenvalue weighted by molar-refractivity contribution is 0.0600. The summed E-state index contributed by atoms with van der Waals surface area (Å²) in [5.41, 5.74) is 1.35. The molecule has 0 aliphatic rings. The zero-order valence-electron chi connectivity index (χ0n) is 14.7. The van der Waals surface area contributed by atoms with Crippen LogP contribution in [0.5, 0.6) is 0 Å². The zero-order chi connectivity index (χ0) is 20.1. The van der Waals surface area contributed by atoms with E-state index in [1.54, 1.807) is 24.3 Å². The Hall–Kier alpha value is -3.45. The number of amides is 1. The van der Waals surface area contributed by atoms with E-state index in [1.807, 2.05) is 0 Å². The Balaban J connectivity index is 1.72.